The highest BCUT2D eigenvalue weighted by molar-refractivity contribution is 5.26. The molecule has 18 heavy (non-hydrogen) atoms. The average molecular weight is 246 g/mol. The predicted octanol–water partition coefficient (Wildman–Crippen LogP) is 4.16. The smallest absolute Gasteiger partial charge is 0.0689 e. The molecule has 2 nitrogen and oxygen atoms in total. The Bertz CT molecular complexity index is 426. The molecule has 0 radical (unpaired) electrons. The Morgan fingerprint density at radius 1 is 1.39 bits per heavy atom. The van der Waals surface area contributed by atoms with Crippen LogP contribution in [0.15, 0.2) is 6.07 Å². The molecule has 0 aromatic carbocycles. The Balaban J connectivity index is 1.92. The molecule has 1 aromatic rings. The van der Waals surface area contributed by atoms with Gasteiger partial charge in [0.15, 0.2) is 0 Å². The van der Waals surface area contributed by atoms with Crippen LogP contribution >= 0.6 is 0 Å². The first kappa shape index (κ1) is 12.3. The van der Waals surface area contributed by atoms with Crippen LogP contribution in [0.3, 0.4) is 0 Å². The summed E-state index contributed by atoms with van der Waals surface area (Å²) in [5.74, 6) is 1.69. The van der Waals surface area contributed by atoms with Crippen LogP contribution in [0.1, 0.15) is 76.1 Å². The molecule has 2 unspecified atom stereocenters. The van der Waals surface area contributed by atoms with E-state index >= 15 is 0 Å². The van der Waals surface area contributed by atoms with E-state index in [0.717, 1.165) is 11.8 Å². The van der Waals surface area contributed by atoms with E-state index in [1.54, 1.807) is 0 Å². The van der Waals surface area contributed by atoms with E-state index in [1.165, 1.54) is 56.3 Å². The van der Waals surface area contributed by atoms with Gasteiger partial charge in [-0.25, -0.2) is 0 Å². The van der Waals surface area contributed by atoms with E-state index < -0.39 is 0 Å². The number of hydrogen-bond donors (Lipinski definition) is 0. The Hall–Kier alpha value is -0.790. The van der Waals surface area contributed by atoms with Gasteiger partial charge >= 0.3 is 0 Å². The molecule has 100 valence electrons. The fourth-order valence-electron chi connectivity index (χ4n) is 3.96. The Morgan fingerprint density at radius 3 is 2.72 bits per heavy atom. The first-order valence-corrected chi connectivity index (χ1v) is 7.69. The van der Waals surface area contributed by atoms with Gasteiger partial charge in [0, 0.05) is 24.1 Å². The summed E-state index contributed by atoms with van der Waals surface area (Å²) >= 11 is 0. The lowest BCUT2D eigenvalue weighted by Gasteiger charge is -2.27. The van der Waals surface area contributed by atoms with Crippen molar-refractivity contribution < 1.29 is 0 Å². The van der Waals surface area contributed by atoms with Crippen molar-refractivity contribution in [3.05, 3.63) is 17.5 Å². The van der Waals surface area contributed by atoms with Gasteiger partial charge in [0.1, 0.15) is 0 Å². The number of aromatic nitrogens is 2. The fraction of sp³-hybridized carbons (Fsp3) is 0.812. The second-order valence-electron chi connectivity index (χ2n) is 6.73. The molecule has 2 atom stereocenters. The minimum atomic E-state index is 0.402. The monoisotopic (exact) mass is 246 g/mol. The Kier molecular flexibility index (Phi) is 2.99. The zero-order chi connectivity index (χ0) is 12.8. The summed E-state index contributed by atoms with van der Waals surface area (Å²) in [6, 6.07) is 2.44. The van der Waals surface area contributed by atoms with E-state index in [4.69, 9.17) is 5.10 Å². The van der Waals surface area contributed by atoms with Crippen molar-refractivity contribution in [3.63, 3.8) is 0 Å². The molecule has 0 spiro atoms. The van der Waals surface area contributed by atoms with Gasteiger partial charge in [-0.1, -0.05) is 20.3 Å². The zero-order valence-electron chi connectivity index (χ0n) is 12.1. The van der Waals surface area contributed by atoms with E-state index in [0.29, 0.717) is 5.41 Å². The van der Waals surface area contributed by atoms with E-state index in [2.05, 4.69) is 31.6 Å². The summed E-state index contributed by atoms with van der Waals surface area (Å²) in [6.07, 6.45) is 9.42. The van der Waals surface area contributed by atoms with Crippen molar-refractivity contribution in [1.82, 2.24) is 9.78 Å². The molecule has 0 amide bonds. The molecule has 2 fully saturated rings. The van der Waals surface area contributed by atoms with Crippen molar-refractivity contribution in [1.29, 1.82) is 0 Å². The third-order valence-corrected chi connectivity index (χ3v) is 5.04. The molecule has 2 aliphatic carbocycles. The summed E-state index contributed by atoms with van der Waals surface area (Å²) in [4.78, 5) is 0. The molecule has 0 saturated heterocycles. The lowest BCUT2D eigenvalue weighted by molar-refractivity contribution is 0.372. The molecule has 0 bridgehead atoms. The van der Waals surface area contributed by atoms with Crippen LogP contribution in [0.2, 0.25) is 0 Å². The molecule has 1 aromatic heterocycles. The van der Waals surface area contributed by atoms with Gasteiger partial charge in [0.05, 0.1) is 5.69 Å². The van der Waals surface area contributed by atoms with Crippen LogP contribution in [-0.2, 0) is 12.5 Å². The van der Waals surface area contributed by atoms with Crippen molar-refractivity contribution in [2.24, 2.45) is 13.0 Å². The summed E-state index contributed by atoms with van der Waals surface area (Å²) in [7, 11) is 2.13. The van der Waals surface area contributed by atoms with Gasteiger partial charge in [-0.3, -0.25) is 4.68 Å². The number of nitrogens with zero attached hydrogens (tertiary/aromatic N) is 2. The molecule has 2 saturated carbocycles. The van der Waals surface area contributed by atoms with Gasteiger partial charge < -0.3 is 0 Å². The van der Waals surface area contributed by atoms with Crippen LogP contribution in [0.5, 0.6) is 0 Å². The fourth-order valence-corrected chi connectivity index (χ4v) is 3.96. The summed E-state index contributed by atoms with van der Waals surface area (Å²) < 4.78 is 2.16. The van der Waals surface area contributed by atoms with Crippen LogP contribution < -0.4 is 0 Å². The number of hydrogen-bond acceptors (Lipinski definition) is 1. The van der Waals surface area contributed by atoms with Crippen LogP contribution in [0.25, 0.3) is 0 Å². The largest absolute Gasteiger partial charge is 0.272 e. The third kappa shape index (κ3) is 2.00. The Morgan fingerprint density at radius 2 is 2.17 bits per heavy atom. The normalized spacial score (nSPS) is 32.1. The maximum atomic E-state index is 4.90. The molecular weight excluding hydrogens is 220 g/mol. The quantitative estimate of drug-likeness (QED) is 0.780. The topological polar surface area (TPSA) is 17.8 Å². The number of rotatable bonds is 4. The van der Waals surface area contributed by atoms with Gasteiger partial charge in [-0.15, -0.1) is 0 Å². The summed E-state index contributed by atoms with van der Waals surface area (Å²) in [5.41, 5.74) is 3.29. The lowest BCUT2D eigenvalue weighted by Crippen LogP contribution is -2.23. The average Bonchev–Trinajstić information content (AvgIpc) is 3.00. The van der Waals surface area contributed by atoms with Crippen molar-refractivity contribution in [2.45, 2.75) is 70.1 Å². The highest BCUT2D eigenvalue weighted by atomic mass is 15.3. The van der Waals surface area contributed by atoms with Crippen molar-refractivity contribution in [3.8, 4) is 0 Å². The predicted molar refractivity (Wildman–Crippen MR) is 74.8 cm³/mol. The minimum absolute atomic E-state index is 0.402. The van der Waals surface area contributed by atoms with Gasteiger partial charge in [0.25, 0.3) is 0 Å². The molecule has 0 N–H and O–H groups in total. The van der Waals surface area contributed by atoms with E-state index in [9.17, 15) is 0 Å². The first-order chi connectivity index (χ1) is 8.64. The second kappa shape index (κ2) is 4.40. The van der Waals surface area contributed by atoms with Crippen molar-refractivity contribution in [2.75, 3.05) is 0 Å². The van der Waals surface area contributed by atoms with Crippen molar-refractivity contribution >= 4 is 0 Å². The molecule has 3 rings (SSSR count). The molecule has 2 heteroatoms. The summed E-state index contributed by atoms with van der Waals surface area (Å²) in [6.45, 7) is 4.72. The standard InChI is InChI=1S/C16H26N2/c1-4-8-16(9-7-12(2)11-16)15-10-14(13-5-6-13)18(3)17-15/h10,12-13H,4-9,11H2,1-3H3. The number of aryl methyl sites for hydroxylation is 1. The molecule has 1 heterocycles. The third-order valence-electron chi connectivity index (χ3n) is 5.04. The van der Waals surface area contributed by atoms with E-state index in [1.807, 2.05) is 0 Å². The van der Waals surface area contributed by atoms with Gasteiger partial charge in [-0.2, -0.15) is 5.10 Å². The minimum Gasteiger partial charge on any atom is -0.272 e. The van der Waals surface area contributed by atoms with Gasteiger partial charge in [0.2, 0.25) is 0 Å². The van der Waals surface area contributed by atoms with Gasteiger partial charge in [-0.05, 0) is 50.5 Å². The SMILES string of the molecule is CCCC1(c2cc(C3CC3)n(C)n2)CCC(C)C1. The highest BCUT2D eigenvalue weighted by Gasteiger charge is 2.41. The van der Waals surface area contributed by atoms with Crippen LogP contribution in [0.4, 0.5) is 0 Å². The lowest BCUT2D eigenvalue weighted by atomic mass is 9.78. The maximum Gasteiger partial charge on any atom is 0.0689 e. The zero-order valence-corrected chi connectivity index (χ0v) is 12.1. The summed E-state index contributed by atoms with van der Waals surface area (Å²) in [5, 5.41) is 4.90. The molecule has 0 aliphatic heterocycles. The first-order valence-electron chi connectivity index (χ1n) is 7.69. The van der Waals surface area contributed by atoms with Crippen LogP contribution in [-0.4, -0.2) is 9.78 Å². The molecule has 2 aliphatic rings. The van der Waals surface area contributed by atoms with Crippen LogP contribution in [0, 0.1) is 5.92 Å². The van der Waals surface area contributed by atoms with E-state index in [-0.39, 0.29) is 0 Å². The Labute approximate surface area is 111 Å². The highest BCUT2D eigenvalue weighted by Crippen LogP contribution is 2.48. The maximum absolute atomic E-state index is 4.90. The second-order valence-corrected chi connectivity index (χ2v) is 6.73. The molecular formula is C16H26N2.